The Hall–Kier alpha value is -3.69. The molecule has 0 unspecified atom stereocenters. The highest BCUT2D eigenvalue weighted by Crippen LogP contribution is 2.41. The second-order valence-corrected chi connectivity index (χ2v) is 8.00. The molecular weight excluding hydrogens is 421 g/mol. The van der Waals surface area contributed by atoms with E-state index in [1.807, 2.05) is 31.2 Å². The van der Waals surface area contributed by atoms with Gasteiger partial charge >= 0.3 is 6.18 Å². The van der Waals surface area contributed by atoms with Crippen molar-refractivity contribution in [3.63, 3.8) is 0 Å². The number of benzene rings is 1. The predicted octanol–water partition coefficient (Wildman–Crippen LogP) is 4.43. The van der Waals surface area contributed by atoms with E-state index in [1.54, 1.807) is 10.9 Å². The SMILES string of the molecule is Cc1ccc(Cn2cc(NC(=O)c3cc4nc(C5CC5)cc(C(F)(F)F)n4n3)cn2)cc1. The molecule has 1 saturated carbocycles. The minimum absolute atomic E-state index is 0.00180. The summed E-state index contributed by atoms with van der Waals surface area (Å²) in [7, 11) is 0. The van der Waals surface area contributed by atoms with Gasteiger partial charge in [0.15, 0.2) is 11.3 Å². The summed E-state index contributed by atoms with van der Waals surface area (Å²) in [5.41, 5.74) is 1.92. The Morgan fingerprint density at radius 2 is 1.94 bits per heavy atom. The smallest absolute Gasteiger partial charge is 0.318 e. The van der Waals surface area contributed by atoms with Crippen molar-refractivity contribution in [2.45, 2.75) is 38.4 Å². The van der Waals surface area contributed by atoms with Gasteiger partial charge in [0.05, 0.1) is 18.4 Å². The number of nitrogens with zero attached hydrogens (tertiary/aromatic N) is 5. The second-order valence-electron chi connectivity index (χ2n) is 8.00. The number of anilines is 1. The molecule has 10 heteroatoms. The molecule has 0 saturated heterocycles. The Balaban J connectivity index is 1.37. The van der Waals surface area contributed by atoms with Crippen LogP contribution in [0.2, 0.25) is 0 Å². The molecule has 3 aromatic heterocycles. The largest absolute Gasteiger partial charge is 0.433 e. The van der Waals surface area contributed by atoms with E-state index in [2.05, 4.69) is 20.5 Å². The third-order valence-corrected chi connectivity index (χ3v) is 5.32. The van der Waals surface area contributed by atoms with Crippen LogP contribution >= 0.6 is 0 Å². The summed E-state index contributed by atoms with van der Waals surface area (Å²) in [6.45, 7) is 2.53. The fourth-order valence-electron chi connectivity index (χ4n) is 3.49. The Morgan fingerprint density at radius 1 is 1.19 bits per heavy atom. The van der Waals surface area contributed by atoms with Crippen LogP contribution in [0, 0.1) is 6.92 Å². The van der Waals surface area contributed by atoms with Crippen LogP contribution in [0.3, 0.4) is 0 Å². The molecule has 7 nitrogen and oxygen atoms in total. The van der Waals surface area contributed by atoms with E-state index in [-0.39, 0.29) is 17.3 Å². The summed E-state index contributed by atoms with van der Waals surface area (Å²) in [6.07, 6.45) is 0.148. The molecule has 0 radical (unpaired) electrons. The predicted molar refractivity (Wildman–Crippen MR) is 110 cm³/mol. The fraction of sp³-hybridized carbons (Fsp3) is 0.273. The highest BCUT2D eigenvalue weighted by Gasteiger charge is 2.37. The molecule has 4 aromatic rings. The molecule has 0 spiro atoms. The molecule has 1 amide bonds. The van der Waals surface area contributed by atoms with Gasteiger partial charge in [0, 0.05) is 23.9 Å². The Labute approximate surface area is 180 Å². The number of hydrogen-bond donors (Lipinski definition) is 1. The summed E-state index contributed by atoms with van der Waals surface area (Å²) < 4.78 is 43.0. The number of carbonyl (C=O) groups excluding carboxylic acids is 1. The maximum absolute atomic E-state index is 13.5. The molecule has 0 atom stereocenters. The molecule has 3 heterocycles. The molecule has 32 heavy (non-hydrogen) atoms. The topological polar surface area (TPSA) is 77.1 Å². The molecule has 1 aliphatic carbocycles. The van der Waals surface area contributed by atoms with Crippen LogP contribution in [0.5, 0.6) is 0 Å². The van der Waals surface area contributed by atoms with E-state index >= 15 is 0 Å². The Kier molecular flexibility index (Phi) is 4.72. The number of alkyl halides is 3. The van der Waals surface area contributed by atoms with Crippen LogP contribution in [0.15, 0.2) is 48.8 Å². The minimum atomic E-state index is -4.61. The van der Waals surface area contributed by atoms with Crippen molar-refractivity contribution in [1.82, 2.24) is 24.4 Å². The second kappa shape index (κ2) is 7.47. The number of fused-ring (bicyclic) bond motifs is 1. The average molecular weight is 440 g/mol. The average Bonchev–Trinajstić information content (AvgIpc) is 3.35. The van der Waals surface area contributed by atoms with Crippen molar-refractivity contribution in [3.05, 3.63) is 77.0 Å². The first-order valence-electron chi connectivity index (χ1n) is 10.1. The maximum atomic E-state index is 13.5. The first kappa shape index (κ1) is 20.2. The lowest BCUT2D eigenvalue weighted by atomic mass is 10.1. The van der Waals surface area contributed by atoms with E-state index in [0.29, 0.717) is 22.4 Å². The molecular formula is C22H19F3N6O. The number of aryl methyl sites for hydroxylation is 1. The number of halogens is 3. The van der Waals surface area contributed by atoms with Crippen molar-refractivity contribution in [3.8, 4) is 0 Å². The zero-order valence-electron chi connectivity index (χ0n) is 17.1. The first-order valence-corrected chi connectivity index (χ1v) is 10.1. The van der Waals surface area contributed by atoms with Crippen molar-refractivity contribution in [2.24, 2.45) is 0 Å². The van der Waals surface area contributed by atoms with Gasteiger partial charge in [0.2, 0.25) is 0 Å². The summed E-state index contributed by atoms with van der Waals surface area (Å²) in [4.78, 5) is 16.9. The van der Waals surface area contributed by atoms with Crippen molar-refractivity contribution < 1.29 is 18.0 Å². The number of hydrogen-bond acceptors (Lipinski definition) is 4. The normalized spacial score (nSPS) is 14.1. The monoisotopic (exact) mass is 440 g/mol. The molecule has 1 aliphatic rings. The number of aromatic nitrogens is 5. The van der Waals surface area contributed by atoms with E-state index in [1.165, 1.54) is 12.3 Å². The Bertz CT molecular complexity index is 1300. The lowest BCUT2D eigenvalue weighted by molar-refractivity contribution is -0.142. The lowest BCUT2D eigenvalue weighted by Gasteiger charge is -2.10. The van der Waals surface area contributed by atoms with Crippen molar-refractivity contribution in [2.75, 3.05) is 5.32 Å². The molecule has 1 aromatic carbocycles. The molecule has 1 fully saturated rings. The van der Waals surface area contributed by atoms with E-state index in [4.69, 9.17) is 0 Å². The van der Waals surface area contributed by atoms with Gasteiger partial charge < -0.3 is 5.32 Å². The number of carbonyl (C=O) groups is 1. The number of nitrogens with one attached hydrogen (secondary N) is 1. The minimum Gasteiger partial charge on any atom is -0.318 e. The molecule has 1 N–H and O–H groups in total. The fourth-order valence-corrected chi connectivity index (χ4v) is 3.49. The highest BCUT2D eigenvalue weighted by atomic mass is 19.4. The van der Waals surface area contributed by atoms with E-state index in [0.717, 1.165) is 30.0 Å². The van der Waals surface area contributed by atoms with Crippen LogP contribution < -0.4 is 5.32 Å². The zero-order chi connectivity index (χ0) is 22.5. The summed E-state index contributed by atoms with van der Waals surface area (Å²) in [5.74, 6) is -0.598. The van der Waals surface area contributed by atoms with Crippen LogP contribution in [0.4, 0.5) is 18.9 Å². The van der Waals surface area contributed by atoms with Crippen molar-refractivity contribution >= 4 is 17.2 Å². The van der Waals surface area contributed by atoms with E-state index in [9.17, 15) is 18.0 Å². The maximum Gasteiger partial charge on any atom is 0.433 e. The summed E-state index contributed by atoms with van der Waals surface area (Å²) in [6, 6.07) is 10.3. The van der Waals surface area contributed by atoms with E-state index < -0.39 is 17.8 Å². The Morgan fingerprint density at radius 3 is 2.62 bits per heavy atom. The quantitative estimate of drug-likeness (QED) is 0.498. The van der Waals surface area contributed by atoms with Crippen LogP contribution in [-0.4, -0.2) is 30.3 Å². The van der Waals surface area contributed by atoms with Gasteiger partial charge in [-0.25, -0.2) is 9.50 Å². The zero-order valence-corrected chi connectivity index (χ0v) is 17.1. The van der Waals surface area contributed by atoms with Crippen LogP contribution in [-0.2, 0) is 12.7 Å². The van der Waals surface area contributed by atoms with Crippen LogP contribution in [0.25, 0.3) is 5.65 Å². The molecule has 164 valence electrons. The van der Waals surface area contributed by atoms with Gasteiger partial charge in [-0.3, -0.25) is 9.48 Å². The van der Waals surface area contributed by atoms with Gasteiger partial charge in [0.1, 0.15) is 5.69 Å². The van der Waals surface area contributed by atoms with Gasteiger partial charge in [-0.05, 0) is 31.4 Å². The van der Waals surface area contributed by atoms with Gasteiger partial charge in [-0.15, -0.1) is 0 Å². The third kappa shape index (κ3) is 4.08. The van der Waals surface area contributed by atoms with Gasteiger partial charge in [0.25, 0.3) is 5.91 Å². The van der Waals surface area contributed by atoms with Crippen LogP contribution in [0.1, 0.15) is 51.8 Å². The number of amides is 1. The third-order valence-electron chi connectivity index (χ3n) is 5.32. The summed E-state index contributed by atoms with van der Waals surface area (Å²) in [5, 5.41) is 10.7. The lowest BCUT2D eigenvalue weighted by Crippen LogP contribution is -2.16. The van der Waals surface area contributed by atoms with Gasteiger partial charge in [-0.2, -0.15) is 23.4 Å². The standard InChI is InChI=1S/C22H19F3N6O/c1-13-2-4-14(5-3-13)11-30-12-16(10-26-30)27-21(32)18-9-20-28-17(15-6-7-15)8-19(22(23,24)25)31(20)29-18/h2-5,8-10,12,15H,6-7,11H2,1H3,(H,27,32). The molecule has 0 bridgehead atoms. The molecule has 5 rings (SSSR count). The highest BCUT2D eigenvalue weighted by molar-refractivity contribution is 6.03. The molecule has 0 aliphatic heterocycles. The van der Waals surface area contributed by atoms with Crippen molar-refractivity contribution in [1.29, 1.82) is 0 Å². The summed E-state index contributed by atoms with van der Waals surface area (Å²) >= 11 is 0. The number of rotatable bonds is 5. The van der Waals surface area contributed by atoms with Gasteiger partial charge in [-0.1, -0.05) is 29.8 Å². The first-order chi connectivity index (χ1) is 15.3.